The lowest BCUT2D eigenvalue weighted by Crippen LogP contribution is -2.66. The molecule has 2 atom stereocenters. The lowest BCUT2D eigenvalue weighted by Gasteiger charge is -2.43. The molecule has 0 unspecified atom stereocenters. The van der Waals surface area contributed by atoms with Gasteiger partial charge in [0.05, 0.1) is 37.8 Å². The van der Waals surface area contributed by atoms with Crippen LogP contribution in [0.15, 0.2) is 16.7 Å². The van der Waals surface area contributed by atoms with Crippen molar-refractivity contribution >= 4 is 56.2 Å². The number of aromatic nitrogens is 4. The summed E-state index contributed by atoms with van der Waals surface area (Å²) < 4.78 is 35.1. The number of hydrogen-bond donors (Lipinski definition) is 5. The first-order chi connectivity index (χ1) is 21.5. The number of carbonyl (C=O) groups is 4. The minimum Gasteiger partial charge on any atom is -0.478 e. The molecule has 0 spiro atoms. The minimum atomic E-state index is -4.95. The van der Waals surface area contributed by atoms with Crippen molar-refractivity contribution in [2.45, 2.75) is 38.6 Å². The van der Waals surface area contributed by atoms with Crippen LogP contribution in [0.1, 0.15) is 25.2 Å². The number of nitrogens with zero attached hydrogens (tertiary/aromatic N) is 8. The number of amides is 3. The quantitative estimate of drug-likeness (QED) is 0.0582. The van der Waals surface area contributed by atoms with Crippen molar-refractivity contribution in [3.8, 4) is 0 Å². The molecule has 0 bridgehead atoms. The monoisotopic (exact) mass is 685 g/mol. The van der Waals surface area contributed by atoms with E-state index in [2.05, 4.69) is 36.0 Å². The second-order valence-corrected chi connectivity index (χ2v) is 13.4. The van der Waals surface area contributed by atoms with E-state index in [1.54, 1.807) is 0 Å². The van der Waals surface area contributed by atoms with Crippen molar-refractivity contribution in [1.82, 2.24) is 44.7 Å². The van der Waals surface area contributed by atoms with Crippen molar-refractivity contribution in [2.75, 3.05) is 52.0 Å². The number of nitrogen functional groups attached to an aromatic ring is 1. The van der Waals surface area contributed by atoms with Gasteiger partial charge in [0, 0.05) is 38.1 Å². The van der Waals surface area contributed by atoms with E-state index < -0.39 is 57.9 Å². The van der Waals surface area contributed by atoms with E-state index in [9.17, 15) is 37.3 Å². The van der Waals surface area contributed by atoms with E-state index in [1.807, 2.05) is 11.9 Å². The Morgan fingerprint density at radius 1 is 1.22 bits per heavy atom. The number of aliphatic carboxylic acids is 1. The molecule has 2 saturated heterocycles. The first-order valence-electron chi connectivity index (χ1n) is 13.9. The van der Waals surface area contributed by atoms with E-state index in [1.165, 1.54) is 30.1 Å². The van der Waals surface area contributed by atoms with Gasteiger partial charge in [0.1, 0.15) is 11.4 Å². The Hall–Kier alpha value is -4.25. The van der Waals surface area contributed by atoms with Gasteiger partial charge < -0.3 is 31.2 Å². The number of carboxylic acids is 1. The highest BCUT2D eigenvalue weighted by Gasteiger charge is 2.53. The molecule has 0 radical (unpaired) electrons. The van der Waals surface area contributed by atoms with Crippen LogP contribution in [-0.4, -0.2) is 140 Å². The van der Waals surface area contributed by atoms with Crippen LogP contribution in [0, 0.1) is 5.92 Å². The second-order valence-electron chi connectivity index (χ2n) is 11.2. The Labute approximate surface area is 267 Å². The second kappa shape index (κ2) is 14.0. The number of piperazine rings is 1. The van der Waals surface area contributed by atoms with Gasteiger partial charge >= 0.3 is 16.3 Å². The maximum absolute atomic E-state index is 13.1. The van der Waals surface area contributed by atoms with Crippen molar-refractivity contribution < 1.29 is 42.1 Å². The van der Waals surface area contributed by atoms with E-state index in [-0.39, 0.29) is 40.7 Å². The predicted molar refractivity (Wildman–Crippen MR) is 160 cm³/mol. The molecule has 2 aromatic rings. The van der Waals surface area contributed by atoms with E-state index >= 15 is 0 Å². The molecule has 22 heteroatoms. The Bertz CT molecular complexity index is 1600. The van der Waals surface area contributed by atoms with Gasteiger partial charge in [-0.15, -0.1) is 16.4 Å². The van der Waals surface area contributed by atoms with Crippen LogP contribution in [0.5, 0.6) is 0 Å². The Kier molecular flexibility index (Phi) is 10.6. The molecule has 2 aliphatic rings. The van der Waals surface area contributed by atoms with Crippen molar-refractivity contribution in [3.05, 3.63) is 23.0 Å². The van der Waals surface area contributed by atoms with Gasteiger partial charge in [-0.25, -0.2) is 14.1 Å². The van der Waals surface area contributed by atoms with Crippen LogP contribution in [0.25, 0.3) is 0 Å². The largest absolute Gasteiger partial charge is 0.478 e. The number of carboxylic acid groups (broad SMARTS) is 1. The molecule has 2 aliphatic heterocycles. The van der Waals surface area contributed by atoms with Gasteiger partial charge in [-0.3, -0.25) is 28.5 Å². The minimum absolute atomic E-state index is 0.0250. The summed E-state index contributed by atoms with van der Waals surface area (Å²) in [5.74, 6) is -4.58. The Morgan fingerprint density at radius 2 is 1.91 bits per heavy atom. The summed E-state index contributed by atoms with van der Waals surface area (Å²) in [4.78, 5) is 62.9. The molecule has 0 aliphatic carbocycles. The number of carbonyl (C=O) groups excluding carboxylic acids is 3. The fourth-order valence-corrected chi connectivity index (χ4v) is 5.99. The Morgan fingerprint density at radius 3 is 2.52 bits per heavy atom. The number of β-lactam (4-membered cyclic amide) rings is 1. The molecule has 0 saturated carbocycles. The normalized spacial score (nSPS) is 19.9. The number of hydrogen-bond acceptors (Lipinski definition) is 15. The molecule has 4 rings (SSSR count). The topological polar surface area (TPSA) is 268 Å². The zero-order valence-corrected chi connectivity index (χ0v) is 26.8. The molecule has 20 nitrogen and oxygen atoms in total. The summed E-state index contributed by atoms with van der Waals surface area (Å²) in [6.45, 7) is 5.36. The standard InChI is InChI=1S/C24H35N11O9S2/c1-24(2,22(39)40)44-30-19(16-13-45-23(25)28-16)20(37)27-9-15-17(35(21(15)38)46(41,42)43)11-34-10-14(29-31-34)8-26-18(36)12-33-6-4-32(3)5-7-33/h10,13,15,17H,4-9,11-12H2,1-3H3,(H2,25,28)(H,26,36)(H,27,37)(H,39,40)(H,41,42,43)/b30-19-/t15-,17+/m0/s1. The molecule has 2 aromatic heterocycles. The van der Waals surface area contributed by atoms with E-state index in [0.29, 0.717) is 5.69 Å². The average Bonchev–Trinajstić information content (AvgIpc) is 3.61. The van der Waals surface area contributed by atoms with Gasteiger partial charge in [0.25, 0.3) is 5.91 Å². The summed E-state index contributed by atoms with van der Waals surface area (Å²) in [6.07, 6.45) is 1.45. The van der Waals surface area contributed by atoms with Crippen molar-refractivity contribution in [1.29, 1.82) is 0 Å². The third kappa shape index (κ3) is 8.51. The summed E-state index contributed by atoms with van der Waals surface area (Å²) >= 11 is 0.986. The first kappa shape index (κ1) is 34.6. The van der Waals surface area contributed by atoms with Crippen LogP contribution < -0.4 is 16.4 Å². The van der Waals surface area contributed by atoms with Gasteiger partial charge in [0.15, 0.2) is 10.8 Å². The fraction of sp³-hybridized carbons (Fsp3) is 0.583. The highest BCUT2D eigenvalue weighted by atomic mass is 32.2. The lowest BCUT2D eigenvalue weighted by molar-refractivity contribution is -0.161. The number of oxime groups is 1. The summed E-state index contributed by atoms with van der Waals surface area (Å²) in [5, 5.41) is 27.6. The average molecular weight is 686 g/mol. The first-order valence-corrected chi connectivity index (χ1v) is 16.2. The molecular formula is C24H35N11O9S2. The lowest BCUT2D eigenvalue weighted by atomic mass is 9.90. The molecule has 252 valence electrons. The maximum atomic E-state index is 13.1. The SMILES string of the molecule is CN1CCN(CC(=O)NCc2cn(C[C@@H]3[C@H](CNC(=O)/C(=N\OC(C)(C)C(=O)O)c4csc(N)n4)C(=O)N3S(=O)(=O)O)nn2)CC1. The third-order valence-corrected chi connectivity index (χ3v) is 8.90. The van der Waals surface area contributed by atoms with Crippen LogP contribution >= 0.6 is 11.3 Å². The number of rotatable bonds is 14. The molecule has 46 heavy (non-hydrogen) atoms. The number of thiazole rings is 1. The molecular weight excluding hydrogens is 650 g/mol. The van der Waals surface area contributed by atoms with Crippen LogP contribution in [0.2, 0.25) is 0 Å². The van der Waals surface area contributed by atoms with Crippen molar-refractivity contribution in [3.63, 3.8) is 0 Å². The maximum Gasteiger partial charge on any atom is 0.362 e. The van der Waals surface area contributed by atoms with Gasteiger partial charge in [-0.1, -0.05) is 10.4 Å². The van der Waals surface area contributed by atoms with Gasteiger partial charge in [-0.2, -0.15) is 8.42 Å². The van der Waals surface area contributed by atoms with Crippen LogP contribution in [0.4, 0.5) is 5.13 Å². The van der Waals surface area contributed by atoms with Crippen LogP contribution in [-0.2, 0) is 47.4 Å². The van der Waals surface area contributed by atoms with Gasteiger partial charge in [0.2, 0.25) is 17.4 Å². The molecule has 4 heterocycles. The number of nitrogens with two attached hydrogens (primary N) is 1. The fourth-order valence-electron chi connectivity index (χ4n) is 4.52. The predicted octanol–water partition coefficient (Wildman–Crippen LogP) is -2.79. The highest BCUT2D eigenvalue weighted by Crippen LogP contribution is 2.30. The number of anilines is 1. The van der Waals surface area contributed by atoms with Crippen molar-refractivity contribution in [2.24, 2.45) is 11.1 Å². The summed E-state index contributed by atoms with van der Waals surface area (Å²) in [5.41, 5.74) is 3.76. The Balaban J connectivity index is 1.39. The molecule has 6 N–H and O–H groups in total. The molecule has 3 amide bonds. The summed E-state index contributed by atoms with van der Waals surface area (Å²) in [6, 6.07) is -1.17. The zero-order chi connectivity index (χ0) is 33.8. The number of nitrogens with one attached hydrogen (secondary N) is 2. The van der Waals surface area contributed by atoms with E-state index in [0.717, 1.165) is 37.5 Å². The molecule has 2 fully saturated rings. The summed E-state index contributed by atoms with van der Waals surface area (Å²) in [7, 11) is -2.94. The van der Waals surface area contributed by atoms with E-state index in [4.69, 9.17) is 10.6 Å². The van der Waals surface area contributed by atoms with Gasteiger partial charge in [-0.05, 0) is 20.9 Å². The molecule has 0 aromatic carbocycles. The highest BCUT2D eigenvalue weighted by molar-refractivity contribution is 7.84. The third-order valence-electron chi connectivity index (χ3n) is 7.28. The zero-order valence-electron chi connectivity index (χ0n) is 25.2. The smallest absolute Gasteiger partial charge is 0.362 e. The van der Waals surface area contributed by atoms with Crippen LogP contribution in [0.3, 0.4) is 0 Å². The number of likely N-dealkylation sites (N-methyl/N-ethyl adjacent to an activating group) is 1.